The van der Waals surface area contributed by atoms with E-state index < -0.39 is 21.2 Å². The van der Waals surface area contributed by atoms with Crippen molar-refractivity contribution >= 4 is 39.0 Å². The fourth-order valence-electron chi connectivity index (χ4n) is 10.1. The first-order valence-corrected chi connectivity index (χ1v) is 24.5. The van der Waals surface area contributed by atoms with Gasteiger partial charge in [-0.15, -0.1) is 0 Å². The number of hydrogen-bond acceptors (Lipinski definition) is 5. The van der Waals surface area contributed by atoms with Crippen molar-refractivity contribution < 1.29 is 25.6 Å². The Labute approximate surface area is 393 Å². The zero-order valence-electron chi connectivity index (χ0n) is 36.2. The fourth-order valence-corrected chi connectivity index (χ4v) is 13.1. The number of nitrogens with zero attached hydrogens (tertiary/aromatic N) is 4. The molecule has 0 spiro atoms. The van der Waals surface area contributed by atoms with E-state index in [0.717, 1.165) is 44.2 Å². The van der Waals surface area contributed by atoms with Crippen molar-refractivity contribution in [1.82, 2.24) is 15.0 Å². The summed E-state index contributed by atoms with van der Waals surface area (Å²) < 4.78 is 9.37. The Hall–Kier alpha value is -7.68. The monoisotopic (exact) mass is 959 g/mol. The van der Waals surface area contributed by atoms with Crippen molar-refractivity contribution in [2.75, 3.05) is 4.90 Å². The SMILES string of the molecule is CC1(C)c2ccccc2-c2c(N3c4ccc(-c5ccccc5)cc4[I-]c4cc(-c5ccc6oc7cccc(-c8nc(-c9ccccc9)nc(-c9ccccc9)n8)c7c6c5)ccc43)cccc21. The van der Waals surface area contributed by atoms with E-state index in [9.17, 15) is 0 Å². The third kappa shape index (κ3) is 6.23. The summed E-state index contributed by atoms with van der Waals surface area (Å²) in [4.78, 5) is 17.7. The van der Waals surface area contributed by atoms with Gasteiger partial charge < -0.3 is 0 Å². The molecule has 0 atom stereocenters. The van der Waals surface area contributed by atoms with E-state index in [1.165, 1.54) is 63.1 Å². The molecule has 9 aromatic carbocycles. The Bertz CT molecular complexity index is 3660. The fraction of sp³-hybridized carbons (Fsp3) is 0.0500. The second-order valence-corrected chi connectivity index (χ2v) is 20.4. The van der Waals surface area contributed by atoms with Gasteiger partial charge in [0.1, 0.15) is 0 Å². The summed E-state index contributed by atoms with van der Waals surface area (Å²) in [5.74, 6) is 1.86. The topological polar surface area (TPSA) is 55.1 Å². The Morgan fingerprint density at radius 3 is 1.62 bits per heavy atom. The maximum atomic E-state index is 6.58. The van der Waals surface area contributed by atoms with Crippen molar-refractivity contribution in [3.63, 3.8) is 0 Å². The molecular formula is C60H40IN4O-. The number of hydrogen-bond donors (Lipinski definition) is 0. The Morgan fingerprint density at radius 1 is 0.409 bits per heavy atom. The number of benzene rings is 9. The number of aromatic nitrogens is 3. The van der Waals surface area contributed by atoms with Gasteiger partial charge in [0.25, 0.3) is 0 Å². The van der Waals surface area contributed by atoms with Gasteiger partial charge in [-0.1, -0.05) is 60.7 Å². The van der Waals surface area contributed by atoms with Gasteiger partial charge >= 0.3 is 335 Å². The quantitative estimate of drug-likeness (QED) is 0.155. The molecule has 3 heterocycles. The molecule has 0 saturated heterocycles. The summed E-state index contributed by atoms with van der Waals surface area (Å²) in [6.45, 7) is 4.72. The van der Waals surface area contributed by atoms with Crippen molar-refractivity contribution in [2.45, 2.75) is 19.3 Å². The van der Waals surface area contributed by atoms with Crippen LogP contribution in [-0.2, 0) is 5.41 Å². The summed E-state index contributed by atoms with van der Waals surface area (Å²) in [5, 5.41) is 2.01. The molecule has 314 valence electrons. The molecule has 66 heavy (non-hydrogen) atoms. The van der Waals surface area contributed by atoms with Gasteiger partial charge in [0.2, 0.25) is 0 Å². The average Bonchev–Trinajstić information content (AvgIpc) is 3.87. The van der Waals surface area contributed by atoms with E-state index in [-0.39, 0.29) is 5.41 Å². The zero-order chi connectivity index (χ0) is 43.9. The standard InChI is InChI=1S/C60H40IN4O/c1-60(2)46-24-13-12-22-43(46)56-47(60)25-15-26-52(56)65-50-31-28-41(37-16-6-3-7-17-37)35-48(50)61-49-36-42(29-32-51(49)65)40-30-33-53-45(34-40)55-44(23-14-27-54(55)66-53)59-63-57(38-18-8-4-9-19-38)62-58(64-59)39-20-10-5-11-21-39/h3-36H,1-2H3/q-1. The average molecular weight is 960 g/mol. The Kier molecular flexibility index (Phi) is 8.93. The van der Waals surface area contributed by atoms with Crippen LogP contribution in [0.25, 0.3) is 89.5 Å². The van der Waals surface area contributed by atoms with E-state index >= 15 is 0 Å². The second kappa shape index (κ2) is 15.2. The third-order valence-corrected chi connectivity index (χ3v) is 16.2. The van der Waals surface area contributed by atoms with Crippen LogP contribution < -0.4 is 26.1 Å². The van der Waals surface area contributed by atoms with Crippen molar-refractivity contribution in [1.29, 1.82) is 0 Å². The normalized spacial score (nSPS) is 13.5. The molecule has 0 bridgehead atoms. The van der Waals surface area contributed by atoms with Crippen molar-refractivity contribution in [3.05, 3.63) is 225 Å². The number of halogens is 1. The molecule has 6 heteroatoms. The maximum absolute atomic E-state index is 6.58. The summed E-state index contributed by atoms with van der Waals surface area (Å²) in [6.07, 6.45) is 0. The summed E-state index contributed by atoms with van der Waals surface area (Å²) in [6, 6.07) is 73.8. The Morgan fingerprint density at radius 2 is 0.939 bits per heavy atom. The summed E-state index contributed by atoms with van der Waals surface area (Å²) in [7, 11) is 0. The van der Waals surface area contributed by atoms with Crippen LogP contribution >= 0.6 is 0 Å². The molecule has 2 aromatic heterocycles. The molecule has 1 aliphatic heterocycles. The van der Waals surface area contributed by atoms with Crippen LogP contribution in [-0.4, -0.2) is 15.0 Å². The first kappa shape index (κ1) is 38.8. The van der Waals surface area contributed by atoms with E-state index in [1.54, 1.807) is 0 Å². The third-order valence-electron chi connectivity index (χ3n) is 13.3. The number of fused-ring (bicyclic) bond motifs is 8. The van der Waals surface area contributed by atoms with Gasteiger partial charge in [0.15, 0.2) is 0 Å². The summed E-state index contributed by atoms with van der Waals surface area (Å²) in [5.41, 5.74) is 18.2. The molecule has 0 radical (unpaired) electrons. The van der Waals surface area contributed by atoms with E-state index in [0.29, 0.717) is 17.5 Å². The molecule has 0 fully saturated rings. The Balaban J connectivity index is 0.968. The van der Waals surface area contributed by atoms with Gasteiger partial charge in [-0.3, -0.25) is 0 Å². The van der Waals surface area contributed by atoms with Gasteiger partial charge in [0, 0.05) is 0 Å². The molecule has 13 rings (SSSR count). The molecule has 0 unspecified atom stereocenters. The van der Waals surface area contributed by atoms with Gasteiger partial charge in [0.05, 0.1) is 0 Å². The van der Waals surface area contributed by atoms with E-state index in [2.05, 4.69) is 152 Å². The second-order valence-electron chi connectivity index (χ2n) is 17.5. The molecule has 0 N–H and O–H groups in total. The number of anilines is 3. The minimum absolute atomic E-state index is 0.106. The predicted molar refractivity (Wildman–Crippen MR) is 264 cm³/mol. The number of furan rings is 1. The zero-order valence-corrected chi connectivity index (χ0v) is 38.4. The number of rotatable bonds is 6. The van der Waals surface area contributed by atoms with Gasteiger partial charge in [-0.2, -0.15) is 0 Å². The van der Waals surface area contributed by atoms with Gasteiger partial charge in [-0.25, -0.2) is 0 Å². The molecule has 0 amide bonds. The van der Waals surface area contributed by atoms with Crippen LogP contribution in [0.4, 0.5) is 17.1 Å². The molecule has 1 aliphatic carbocycles. The molecular weight excluding hydrogens is 920 g/mol. The minimum atomic E-state index is -0.560. The van der Waals surface area contributed by atoms with Gasteiger partial charge in [-0.05, 0) is 0 Å². The van der Waals surface area contributed by atoms with Crippen LogP contribution in [0.3, 0.4) is 0 Å². The van der Waals surface area contributed by atoms with Crippen LogP contribution in [0.1, 0.15) is 25.0 Å². The molecule has 0 saturated carbocycles. The van der Waals surface area contributed by atoms with E-state index in [4.69, 9.17) is 19.4 Å². The van der Waals surface area contributed by atoms with Crippen LogP contribution in [0.5, 0.6) is 0 Å². The first-order valence-electron chi connectivity index (χ1n) is 22.3. The first-order chi connectivity index (χ1) is 32.5. The molecule has 2 aliphatic rings. The van der Waals surface area contributed by atoms with Crippen molar-refractivity contribution in [2.24, 2.45) is 0 Å². The van der Waals surface area contributed by atoms with Crippen LogP contribution in [0, 0.1) is 7.14 Å². The van der Waals surface area contributed by atoms with Crippen LogP contribution in [0.2, 0.25) is 0 Å². The van der Waals surface area contributed by atoms with Crippen molar-refractivity contribution in [3.8, 4) is 67.5 Å². The molecule has 5 nitrogen and oxygen atoms in total. The van der Waals surface area contributed by atoms with Crippen LogP contribution in [0.15, 0.2) is 211 Å². The molecule has 11 aromatic rings. The predicted octanol–water partition coefficient (Wildman–Crippen LogP) is 12.3. The summed E-state index contributed by atoms with van der Waals surface area (Å²) >= 11 is -0.560. The van der Waals surface area contributed by atoms with E-state index in [1.807, 2.05) is 72.8 Å².